The first-order valence-electron chi connectivity index (χ1n) is 48.7. The highest BCUT2D eigenvalue weighted by atomic mass is 16.3. The Balaban J connectivity index is 0.000000145. The number of hydrogen-bond acceptors (Lipinski definition) is 3. The van der Waals surface area contributed by atoms with Crippen molar-refractivity contribution in [1.29, 1.82) is 0 Å². The van der Waals surface area contributed by atoms with Crippen LogP contribution in [0.5, 0.6) is 0 Å². The lowest BCUT2D eigenvalue weighted by Gasteiger charge is -2.33. The average Bonchev–Trinajstić information content (AvgIpc) is 0.905. The van der Waals surface area contributed by atoms with Crippen LogP contribution >= 0.6 is 0 Å². The van der Waals surface area contributed by atoms with Crippen molar-refractivity contribution < 1.29 is 4.42 Å². The lowest BCUT2D eigenvalue weighted by Crippen LogP contribution is -2.53. The van der Waals surface area contributed by atoms with Gasteiger partial charge in [-0.15, -0.1) is 0 Å². The van der Waals surface area contributed by atoms with Gasteiger partial charge < -0.3 is 14.2 Å². The molecule has 0 bridgehead atoms. The Morgan fingerprint density at radius 2 is 0.610 bits per heavy atom. The standard InChI is InChI=1S/C67H56BNO.C64H50BN/c1-65(2,3)53-40-58(69(42-22-11-9-12-23-42)43-24-13-10-14-25-43)61-48-29-16-15-28-47(48)60-55(66(4,5)6)39-57(51-37-36-50(53)62(61)63(51)60)68(56-32-21-30-49-46-27-18-20-33-59(46)70-64(49)56)41-34-35-45-44-26-17-19-31-52(44)67(7,8)54(45)38-41;1-39-36-58(66(43-21-11-8-12-22-43)44-30-32-49-47-24-16-18-28-54(47)64(5,6)56(49)38-44)60-51-26-14-13-25-50(51)59-40(2)35-57(52-34-33-45(39)61(60)62(52)59)65(41-19-9-7-10-20-41)42-29-31-48-46-23-15-17-27-53(46)63(3,4)55(48)37-42/h9-40H,1-8H3;7-38H,1-6H3. The first-order chi connectivity index (χ1) is 65.9. The van der Waals surface area contributed by atoms with Crippen molar-refractivity contribution >= 4 is 188 Å². The molecule has 0 N–H and O–H groups in total. The summed E-state index contributed by atoms with van der Waals surface area (Å²) in [5.41, 5.74) is 37.4. The summed E-state index contributed by atoms with van der Waals surface area (Å²) in [6.45, 7) is 33.2. The molecule has 0 unspecified atom stereocenters. The molecule has 26 rings (SSSR count). The number of para-hydroxylation sites is 5. The van der Waals surface area contributed by atoms with E-state index in [2.05, 4.69) is 495 Å². The van der Waals surface area contributed by atoms with Crippen LogP contribution in [0.2, 0.25) is 0 Å². The van der Waals surface area contributed by atoms with E-state index in [1.54, 1.807) is 0 Å². The second-order valence-corrected chi connectivity index (χ2v) is 42.5. The number of benzene rings is 22. The number of anilines is 6. The zero-order valence-corrected chi connectivity index (χ0v) is 79.9. The maximum absolute atomic E-state index is 7.05. The van der Waals surface area contributed by atoms with Crippen LogP contribution in [-0.4, -0.2) is 13.4 Å². The van der Waals surface area contributed by atoms with Crippen molar-refractivity contribution in [3.8, 4) is 33.4 Å². The van der Waals surface area contributed by atoms with Crippen molar-refractivity contribution in [2.45, 2.75) is 124 Å². The highest BCUT2D eigenvalue weighted by Crippen LogP contribution is 2.58. The molecule has 0 saturated carbocycles. The quantitative estimate of drug-likeness (QED) is 0.0690. The molecule has 3 nitrogen and oxygen atoms in total. The monoisotopic (exact) mass is 1740 g/mol. The van der Waals surface area contributed by atoms with Gasteiger partial charge in [0, 0.05) is 71.3 Å². The van der Waals surface area contributed by atoms with Gasteiger partial charge in [0.1, 0.15) is 11.2 Å². The number of furan rings is 1. The molecule has 5 heteroatoms. The minimum atomic E-state index is -0.215. The number of fused-ring (bicyclic) bond motifs is 18. The third kappa shape index (κ3) is 12.4. The van der Waals surface area contributed by atoms with Gasteiger partial charge in [-0.3, -0.25) is 0 Å². The van der Waals surface area contributed by atoms with E-state index in [9.17, 15) is 0 Å². The molecule has 23 aromatic rings. The predicted molar refractivity (Wildman–Crippen MR) is 587 cm³/mol. The summed E-state index contributed by atoms with van der Waals surface area (Å²) in [7, 11) is 0. The topological polar surface area (TPSA) is 19.6 Å². The Kier molecular flexibility index (Phi) is 18.6. The van der Waals surface area contributed by atoms with Gasteiger partial charge >= 0.3 is 0 Å². The second-order valence-electron chi connectivity index (χ2n) is 42.5. The van der Waals surface area contributed by atoms with Gasteiger partial charge in [0.2, 0.25) is 13.4 Å². The van der Waals surface area contributed by atoms with E-state index in [1.807, 2.05) is 0 Å². The molecule has 22 aromatic carbocycles. The lowest BCUT2D eigenvalue weighted by atomic mass is 9.35. The zero-order chi connectivity index (χ0) is 92.5. The minimum absolute atomic E-state index is 0.0193. The van der Waals surface area contributed by atoms with Crippen LogP contribution in [0.4, 0.5) is 34.1 Å². The fraction of sp³-hybridized carbons (Fsp3) is 0.145. The first-order valence-corrected chi connectivity index (χ1v) is 48.7. The van der Waals surface area contributed by atoms with E-state index >= 15 is 0 Å². The fourth-order valence-corrected chi connectivity index (χ4v) is 25.2. The van der Waals surface area contributed by atoms with Gasteiger partial charge in [-0.2, -0.15) is 0 Å². The largest absolute Gasteiger partial charge is 0.457 e. The second kappa shape index (κ2) is 30.5. The molecule has 0 spiro atoms. The summed E-state index contributed by atoms with van der Waals surface area (Å²) in [5.74, 6) is 0. The van der Waals surface area contributed by atoms with E-state index in [0.717, 1.165) is 39.0 Å². The maximum atomic E-state index is 7.05. The summed E-state index contributed by atoms with van der Waals surface area (Å²) in [4.78, 5) is 5.03. The summed E-state index contributed by atoms with van der Waals surface area (Å²) >= 11 is 0. The molecule has 0 atom stereocenters. The molecule has 136 heavy (non-hydrogen) atoms. The van der Waals surface area contributed by atoms with Crippen molar-refractivity contribution in [1.82, 2.24) is 0 Å². The van der Waals surface area contributed by atoms with Crippen LogP contribution in [-0.2, 0) is 27.1 Å². The SMILES string of the molecule is CC(C)(C)c1cc(N(c2ccccc2)c2ccccc2)c2c3ccccc3c3c(C(C)(C)C)cc(B(c4ccc5c(c4)C(C)(C)c4ccccc4-5)c4cccc5c4oc4ccccc45)c4ccc1c2c43.Cc1cc(N(c2ccccc2)c2ccc3c(c2)C(C)(C)c2ccccc2-3)c2c3ccccc3c3c(C)cc(B(c4ccccc4)c4ccc5c(c4)C(C)(C)c4ccccc4-5)c4ccc1c2c43. The molecule has 0 amide bonds. The van der Waals surface area contributed by atoms with Crippen LogP contribution in [0.1, 0.15) is 139 Å². The maximum Gasteiger partial charge on any atom is 0.246 e. The van der Waals surface area contributed by atoms with E-state index in [1.165, 1.54) is 225 Å². The third-order valence-electron chi connectivity index (χ3n) is 31.5. The van der Waals surface area contributed by atoms with Gasteiger partial charge in [0.05, 0.1) is 11.4 Å². The summed E-state index contributed by atoms with van der Waals surface area (Å²) in [6, 6.07) is 147. The molecule has 3 aliphatic rings. The van der Waals surface area contributed by atoms with Gasteiger partial charge in [0.25, 0.3) is 0 Å². The van der Waals surface area contributed by atoms with Crippen LogP contribution < -0.4 is 42.6 Å². The summed E-state index contributed by atoms with van der Waals surface area (Å²) < 4.78 is 7.05. The predicted octanol–water partition coefficient (Wildman–Crippen LogP) is 31.5. The molecule has 0 saturated heterocycles. The van der Waals surface area contributed by atoms with Crippen LogP contribution in [0.3, 0.4) is 0 Å². The summed E-state index contributed by atoms with van der Waals surface area (Å²) in [6.07, 6.45) is 0. The smallest absolute Gasteiger partial charge is 0.246 e. The Bertz CT molecular complexity index is 8830. The Labute approximate surface area is 798 Å². The fourth-order valence-electron chi connectivity index (χ4n) is 25.2. The number of aryl methyl sites for hydroxylation is 2. The highest BCUT2D eigenvalue weighted by Gasteiger charge is 2.43. The van der Waals surface area contributed by atoms with Gasteiger partial charge in [-0.05, 0) is 251 Å². The van der Waals surface area contributed by atoms with Crippen molar-refractivity contribution in [2.75, 3.05) is 9.80 Å². The van der Waals surface area contributed by atoms with Crippen LogP contribution in [0.25, 0.3) is 141 Å². The zero-order valence-electron chi connectivity index (χ0n) is 79.9. The molecule has 1 aromatic heterocycles. The van der Waals surface area contributed by atoms with Crippen LogP contribution in [0, 0.1) is 13.8 Å². The van der Waals surface area contributed by atoms with Crippen molar-refractivity contribution in [2.24, 2.45) is 0 Å². The van der Waals surface area contributed by atoms with Gasteiger partial charge in [-0.25, -0.2) is 0 Å². The molecule has 0 radical (unpaired) electrons. The Morgan fingerprint density at radius 1 is 0.228 bits per heavy atom. The third-order valence-corrected chi connectivity index (χ3v) is 31.5. The molecular weight excluding hydrogens is 1640 g/mol. The van der Waals surface area contributed by atoms with Crippen molar-refractivity contribution in [3.05, 3.63) is 444 Å². The van der Waals surface area contributed by atoms with Crippen molar-refractivity contribution in [3.63, 3.8) is 0 Å². The highest BCUT2D eigenvalue weighted by molar-refractivity contribution is 6.98. The molecule has 3 aliphatic carbocycles. The molecule has 1 heterocycles. The molecule has 0 aliphatic heterocycles. The normalized spacial score (nSPS) is 13.8. The van der Waals surface area contributed by atoms with E-state index in [-0.39, 0.29) is 40.5 Å². The van der Waals surface area contributed by atoms with Gasteiger partial charge in [0.15, 0.2) is 0 Å². The number of hydrogen-bond donors (Lipinski definition) is 0. The molecule has 652 valence electrons. The average molecular weight is 1750 g/mol. The Morgan fingerprint density at radius 3 is 1.14 bits per heavy atom. The summed E-state index contributed by atoms with van der Waals surface area (Å²) in [5, 5.41) is 23.2. The number of rotatable bonds is 12. The lowest BCUT2D eigenvalue weighted by molar-refractivity contribution is 0.596. The van der Waals surface area contributed by atoms with Gasteiger partial charge in [-0.1, -0.05) is 432 Å². The van der Waals surface area contributed by atoms with E-state index < -0.39 is 0 Å². The van der Waals surface area contributed by atoms with Crippen LogP contribution in [0.15, 0.2) is 393 Å². The van der Waals surface area contributed by atoms with E-state index in [0.29, 0.717) is 0 Å². The number of nitrogens with zero attached hydrogens (tertiary/aromatic N) is 2. The molecular formula is C131H106B2N2O. The first kappa shape index (κ1) is 82.8. The Hall–Kier alpha value is -15.0. The van der Waals surface area contributed by atoms with E-state index in [4.69, 9.17) is 4.42 Å². The minimum Gasteiger partial charge on any atom is -0.457 e. The molecule has 0 fully saturated rings.